The molecule has 0 aliphatic heterocycles. The van der Waals surface area contributed by atoms with Gasteiger partial charge in [-0.05, 0) is 72.6 Å². The first-order chi connectivity index (χ1) is 14.0. The fraction of sp³-hybridized carbons (Fsp3) is 0.130. The minimum atomic E-state index is -0.370. The summed E-state index contributed by atoms with van der Waals surface area (Å²) in [5, 5.41) is 5.54. The Kier molecular flexibility index (Phi) is 6.58. The van der Waals surface area contributed by atoms with Crippen LogP contribution < -0.4 is 15.4 Å². The van der Waals surface area contributed by atoms with Crippen LogP contribution in [0.25, 0.3) is 0 Å². The Hall–Kier alpha value is -3.67. The summed E-state index contributed by atoms with van der Waals surface area (Å²) in [5.74, 6) is -0.112. The van der Waals surface area contributed by atoms with E-state index in [0.29, 0.717) is 29.8 Å². The number of benzene rings is 3. The van der Waals surface area contributed by atoms with Crippen LogP contribution in [0.2, 0.25) is 0 Å². The van der Waals surface area contributed by atoms with Gasteiger partial charge in [0.15, 0.2) is 0 Å². The van der Waals surface area contributed by atoms with Crippen molar-refractivity contribution in [2.45, 2.75) is 6.42 Å². The molecule has 6 heteroatoms. The quantitative estimate of drug-likeness (QED) is 0.637. The molecule has 2 N–H and O–H groups in total. The van der Waals surface area contributed by atoms with Crippen LogP contribution in [0.3, 0.4) is 0 Å². The molecule has 0 fully saturated rings. The molecule has 0 spiro atoms. The van der Waals surface area contributed by atoms with Crippen molar-refractivity contribution >= 4 is 17.5 Å². The molecule has 0 saturated heterocycles. The predicted octanol–water partition coefficient (Wildman–Crippen LogP) is 4.06. The topological polar surface area (TPSA) is 67.4 Å². The number of carbonyl (C=O) groups excluding carboxylic acids is 2. The lowest BCUT2D eigenvalue weighted by molar-refractivity contribution is 0.0952. The summed E-state index contributed by atoms with van der Waals surface area (Å²) in [6.07, 6.45) is 0.702. The smallest absolute Gasteiger partial charge is 0.255 e. The molecule has 0 unspecified atom stereocenters. The number of halogens is 1. The molecule has 0 bridgehead atoms. The standard InChI is InChI=1S/C23H21FN2O3/c1-29-21-12-2-16(3-13-21)14-15-25-22(27)17-4-6-18(7-5-17)23(28)26-20-10-8-19(24)9-11-20/h2-13H,14-15H2,1H3,(H,25,27)(H,26,28). The van der Waals surface area contributed by atoms with Crippen LogP contribution >= 0.6 is 0 Å². The van der Waals surface area contributed by atoms with Gasteiger partial charge in [0.25, 0.3) is 11.8 Å². The highest BCUT2D eigenvalue weighted by Crippen LogP contribution is 2.13. The zero-order chi connectivity index (χ0) is 20.6. The van der Waals surface area contributed by atoms with Crippen LogP contribution in [0.5, 0.6) is 5.75 Å². The predicted molar refractivity (Wildman–Crippen MR) is 110 cm³/mol. The van der Waals surface area contributed by atoms with Gasteiger partial charge >= 0.3 is 0 Å². The Bertz CT molecular complexity index is 969. The van der Waals surface area contributed by atoms with Crippen molar-refractivity contribution in [1.29, 1.82) is 0 Å². The Labute approximate surface area is 168 Å². The molecule has 3 aromatic carbocycles. The molecule has 0 aromatic heterocycles. The molecule has 5 nitrogen and oxygen atoms in total. The largest absolute Gasteiger partial charge is 0.497 e. The van der Waals surface area contributed by atoms with Gasteiger partial charge in [-0.25, -0.2) is 4.39 Å². The van der Waals surface area contributed by atoms with E-state index in [9.17, 15) is 14.0 Å². The van der Waals surface area contributed by atoms with Crippen LogP contribution in [0.15, 0.2) is 72.8 Å². The van der Waals surface area contributed by atoms with Crippen LogP contribution in [0, 0.1) is 5.82 Å². The lowest BCUT2D eigenvalue weighted by atomic mass is 10.1. The number of nitrogens with one attached hydrogen (secondary N) is 2. The first-order valence-electron chi connectivity index (χ1n) is 9.13. The van der Waals surface area contributed by atoms with Crippen molar-refractivity contribution in [1.82, 2.24) is 5.32 Å². The number of hydrogen-bond acceptors (Lipinski definition) is 3. The Morgan fingerprint density at radius 3 is 2.00 bits per heavy atom. The molecule has 0 aliphatic rings. The second-order valence-corrected chi connectivity index (χ2v) is 6.39. The molecule has 0 aliphatic carbocycles. The number of amides is 2. The van der Waals surface area contributed by atoms with Crippen LogP contribution in [-0.4, -0.2) is 25.5 Å². The maximum Gasteiger partial charge on any atom is 0.255 e. The second-order valence-electron chi connectivity index (χ2n) is 6.39. The lowest BCUT2D eigenvalue weighted by Crippen LogP contribution is -2.25. The lowest BCUT2D eigenvalue weighted by Gasteiger charge is -2.08. The molecule has 0 atom stereocenters. The zero-order valence-electron chi connectivity index (χ0n) is 15.9. The van der Waals surface area contributed by atoms with Gasteiger partial charge in [-0.2, -0.15) is 0 Å². The third kappa shape index (κ3) is 5.65. The zero-order valence-corrected chi connectivity index (χ0v) is 15.9. The molecule has 3 aromatic rings. The maximum absolute atomic E-state index is 12.9. The van der Waals surface area contributed by atoms with E-state index in [4.69, 9.17) is 4.74 Å². The number of methoxy groups -OCH3 is 1. The van der Waals surface area contributed by atoms with Gasteiger partial charge < -0.3 is 15.4 Å². The first-order valence-corrected chi connectivity index (χ1v) is 9.13. The summed E-state index contributed by atoms with van der Waals surface area (Å²) in [7, 11) is 1.62. The van der Waals surface area contributed by atoms with E-state index in [1.54, 1.807) is 31.4 Å². The molecule has 2 amide bonds. The molecular weight excluding hydrogens is 371 g/mol. The number of anilines is 1. The molecule has 0 saturated carbocycles. The van der Waals surface area contributed by atoms with E-state index < -0.39 is 0 Å². The van der Waals surface area contributed by atoms with Crippen LogP contribution in [0.4, 0.5) is 10.1 Å². The molecule has 0 radical (unpaired) electrons. The third-order valence-corrected chi connectivity index (χ3v) is 4.37. The van der Waals surface area contributed by atoms with E-state index in [1.165, 1.54) is 24.3 Å². The van der Waals surface area contributed by atoms with E-state index in [-0.39, 0.29) is 17.6 Å². The van der Waals surface area contributed by atoms with Gasteiger partial charge in [-0.3, -0.25) is 9.59 Å². The maximum atomic E-state index is 12.9. The SMILES string of the molecule is COc1ccc(CCNC(=O)c2ccc(C(=O)Nc3ccc(F)cc3)cc2)cc1. The van der Waals surface area contributed by atoms with Crippen molar-refractivity contribution in [3.05, 3.63) is 95.3 Å². The van der Waals surface area contributed by atoms with Gasteiger partial charge in [0, 0.05) is 23.4 Å². The fourth-order valence-electron chi connectivity index (χ4n) is 2.72. The average molecular weight is 392 g/mol. The van der Waals surface area contributed by atoms with E-state index in [2.05, 4.69) is 10.6 Å². The van der Waals surface area contributed by atoms with Gasteiger partial charge in [0.2, 0.25) is 0 Å². The summed E-state index contributed by atoms with van der Waals surface area (Å²) in [6.45, 7) is 0.498. The van der Waals surface area contributed by atoms with Gasteiger partial charge in [0.05, 0.1) is 7.11 Å². The van der Waals surface area contributed by atoms with Crippen LogP contribution in [0.1, 0.15) is 26.3 Å². The highest BCUT2D eigenvalue weighted by Gasteiger charge is 2.09. The number of ether oxygens (including phenoxy) is 1. The highest BCUT2D eigenvalue weighted by atomic mass is 19.1. The van der Waals surface area contributed by atoms with Crippen molar-refractivity contribution in [3.8, 4) is 5.75 Å². The molecule has 0 heterocycles. The van der Waals surface area contributed by atoms with Gasteiger partial charge in [-0.1, -0.05) is 12.1 Å². The summed E-state index contributed by atoms with van der Waals surface area (Å²) in [4.78, 5) is 24.5. The van der Waals surface area contributed by atoms with Crippen molar-refractivity contribution in [2.75, 3.05) is 19.0 Å². The summed E-state index contributed by atoms with van der Waals surface area (Å²) in [6, 6.07) is 19.6. The second kappa shape index (κ2) is 9.50. The van der Waals surface area contributed by atoms with E-state index in [1.807, 2.05) is 24.3 Å². The number of rotatable bonds is 7. The fourth-order valence-corrected chi connectivity index (χ4v) is 2.72. The van der Waals surface area contributed by atoms with Crippen molar-refractivity contribution in [2.24, 2.45) is 0 Å². The van der Waals surface area contributed by atoms with Gasteiger partial charge in [0.1, 0.15) is 11.6 Å². The van der Waals surface area contributed by atoms with Crippen molar-refractivity contribution < 1.29 is 18.7 Å². The number of carbonyl (C=O) groups is 2. The molecule has 148 valence electrons. The van der Waals surface area contributed by atoms with Crippen LogP contribution in [-0.2, 0) is 6.42 Å². The monoisotopic (exact) mass is 392 g/mol. The summed E-state index contributed by atoms with van der Waals surface area (Å²) >= 11 is 0. The molecule has 3 rings (SSSR count). The minimum Gasteiger partial charge on any atom is -0.497 e. The summed E-state index contributed by atoms with van der Waals surface area (Å²) < 4.78 is 18.0. The Morgan fingerprint density at radius 2 is 1.41 bits per heavy atom. The normalized spacial score (nSPS) is 10.3. The molecular formula is C23H21FN2O3. The van der Waals surface area contributed by atoms with E-state index in [0.717, 1.165) is 11.3 Å². The Balaban J connectivity index is 1.51. The summed E-state index contributed by atoms with van der Waals surface area (Å²) in [5.41, 5.74) is 2.47. The minimum absolute atomic E-state index is 0.205. The van der Waals surface area contributed by atoms with Gasteiger partial charge in [-0.15, -0.1) is 0 Å². The number of hydrogen-bond donors (Lipinski definition) is 2. The molecule has 29 heavy (non-hydrogen) atoms. The third-order valence-electron chi connectivity index (χ3n) is 4.37. The Morgan fingerprint density at radius 1 is 0.828 bits per heavy atom. The average Bonchev–Trinajstić information content (AvgIpc) is 2.76. The van der Waals surface area contributed by atoms with E-state index >= 15 is 0 Å². The first kappa shape index (κ1) is 20.1. The highest BCUT2D eigenvalue weighted by molar-refractivity contribution is 6.05. The van der Waals surface area contributed by atoms with Crippen molar-refractivity contribution in [3.63, 3.8) is 0 Å².